The van der Waals surface area contributed by atoms with Crippen LogP contribution in [0.2, 0.25) is 0 Å². The van der Waals surface area contributed by atoms with Crippen LogP contribution >= 0.6 is 0 Å². The summed E-state index contributed by atoms with van der Waals surface area (Å²) >= 11 is 0. The van der Waals surface area contributed by atoms with E-state index in [0.29, 0.717) is 12.5 Å². The van der Waals surface area contributed by atoms with Crippen LogP contribution in [-0.4, -0.2) is 34.8 Å². The third-order valence-electron chi connectivity index (χ3n) is 2.40. The zero-order valence-electron chi connectivity index (χ0n) is 10.7. The van der Waals surface area contributed by atoms with Crippen LogP contribution in [0.3, 0.4) is 0 Å². The van der Waals surface area contributed by atoms with Gasteiger partial charge in [-0.3, -0.25) is 0 Å². The lowest BCUT2D eigenvalue weighted by Crippen LogP contribution is -2.10. The summed E-state index contributed by atoms with van der Waals surface area (Å²) in [7, 11) is 0. The largest absolute Gasteiger partial charge is 0.396 e. The quantitative estimate of drug-likeness (QED) is 0.590. The first-order valence-electron chi connectivity index (χ1n) is 6.39. The molecule has 0 aromatic carbocycles. The molecule has 0 spiro atoms. The predicted molar refractivity (Wildman–Crippen MR) is 70.2 cm³/mol. The molecule has 1 aromatic rings. The molecule has 0 bridgehead atoms. The number of aliphatic hydroxyl groups is 1. The number of nitrogens with zero attached hydrogens (tertiary/aromatic N) is 2. The fourth-order valence-corrected chi connectivity index (χ4v) is 1.43. The van der Waals surface area contributed by atoms with Crippen LogP contribution < -0.4 is 10.6 Å². The van der Waals surface area contributed by atoms with Crippen LogP contribution in [0, 0.1) is 5.82 Å². The molecule has 0 saturated carbocycles. The molecule has 6 heteroatoms. The van der Waals surface area contributed by atoms with E-state index < -0.39 is 5.82 Å². The highest BCUT2D eigenvalue weighted by Gasteiger charge is 2.05. The molecule has 0 unspecified atom stereocenters. The van der Waals surface area contributed by atoms with Crippen molar-refractivity contribution in [1.82, 2.24) is 9.97 Å². The highest BCUT2D eigenvalue weighted by molar-refractivity contribution is 5.40. The van der Waals surface area contributed by atoms with Crippen molar-refractivity contribution in [3.63, 3.8) is 0 Å². The molecule has 1 rings (SSSR count). The number of rotatable bonds is 9. The van der Waals surface area contributed by atoms with Gasteiger partial charge in [-0.05, 0) is 25.7 Å². The van der Waals surface area contributed by atoms with E-state index in [4.69, 9.17) is 5.11 Å². The minimum Gasteiger partial charge on any atom is -0.396 e. The zero-order valence-corrected chi connectivity index (χ0v) is 10.7. The number of aliphatic hydroxyl groups excluding tert-OH is 1. The molecule has 0 amide bonds. The van der Waals surface area contributed by atoms with Crippen LogP contribution in [0.5, 0.6) is 0 Å². The number of halogens is 1. The Morgan fingerprint density at radius 1 is 1.22 bits per heavy atom. The van der Waals surface area contributed by atoms with Gasteiger partial charge < -0.3 is 15.7 Å². The molecule has 3 N–H and O–H groups in total. The average molecular weight is 256 g/mol. The summed E-state index contributed by atoms with van der Waals surface area (Å²) in [6, 6.07) is 0. The molecule has 1 aromatic heterocycles. The van der Waals surface area contributed by atoms with Crippen LogP contribution in [0.15, 0.2) is 6.20 Å². The van der Waals surface area contributed by atoms with Gasteiger partial charge in [0.05, 0.1) is 6.20 Å². The second kappa shape index (κ2) is 8.63. The smallest absolute Gasteiger partial charge is 0.224 e. The third-order valence-corrected chi connectivity index (χ3v) is 2.40. The molecule has 0 aliphatic heterocycles. The second-order valence-corrected chi connectivity index (χ2v) is 4.03. The molecule has 1 heterocycles. The fraction of sp³-hybridized carbons (Fsp3) is 0.667. The van der Waals surface area contributed by atoms with Gasteiger partial charge in [-0.1, -0.05) is 6.92 Å². The molecular weight excluding hydrogens is 235 g/mol. The number of aromatic nitrogens is 2. The lowest BCUT2D eigenvalue weighted by molar-refractivity contribution is 0.283. The van der Waals surface area contributed by atoms with Gasteiger partial charge in [-0.25, -0.2) is 9.37 Å². The van der Waals surface area contributed by atoms with Gasteiger partial charge in [0.15, 0.2) is 11.6 Å². The van der Waals surface area contributed by atoms with Gasteiger partial charge in [0, 0.05) is 19.7 Å². The Balaban J connectivity index is 2.42. The van der Waals surface area contributed by atoms with Gasteiger partial charge in [-0.2, -0.15) is 4.98 Å². The van der Waals surface area contributed by atoms with E-state index in [1.165, 1.54) is 6.20 Å². The molecule has 0 radical (unpaired) electrons. The van der Waals surface area contributed by atoms with E-state index in [2.05, 4.69) is 20.6 Å². The molecule has 0 atom stereocenters. The standard InChI is InChI=1S/C12H21FN4O/c1-2-6-15-12-16-9-10(13)11(17-12)14-7-4-3-5-8-18/h9,18H,2-8H2,1H3,(H2,14,15,16,17). The summed E-state index contributed by atoms with van der Waals surface area (Å²) < 4.78 is 13.4. The van der Waals surface area contributed by atoms with E-state index in [-0.39, 0.29) is 12.4 Å². The number of nitrogens with one attached hydrogen (secondary N) is 2. The van der Waals surface area contributed by atoms with Crippen molar-refractivity contribution >= 4 is 11.8 Å². The van der Waals surface area contributed by atoms with Crippen molar-refractivity contribution in [2.45, 2.75) is 32.6 Å². The fourth-order valence-electron chi connectivity index (χ4n) is 1.43. The molecule has 18 heavy (non-hydrogen) atoms. The summed E-state index contributed by atoms with van der Waals surface area (Å²) in [4.78, 5) is 7.93. The van der Waals surface area contributed by atoms with Crippen molar-refractivity contribution in [2.24, 2.45) is 0 Å². The summed E-state index contributed by atoms with van der Waals surface area (Å²) in [5, 5.41) is 14.6. The van der Waals surface area contributed by atoms with Gasteiger partial charge in [0.1, 0.15) is 0 Å². The Kier molecular flexibility index (Phi) is 7.01. The molecule has 102 valence electrons. The Labute approximate surface area is 107 Å². The van der Waals surface area contributed by atoms with Crippen LogP contribution in [0.25, 0.3) is 0 Å². The molecule has 0 aliphatic carbocycles. The van der Waals surface area contributed by atoms with E-state index in [1.807, 2.05) is 6.92 Å². The maximum atomic E-state index is 13.4. The number of hydrogen-bond donors (Lipinski definition) is 3. The second-order valence-electron chi connectivity index (χ2n) is 4.03. The highest BCUT2D eigenvalue weighted by Crippen LogP contribution is 2.12. The first-order chi connectivity index (χ1) is 8.77. The van der Waals surface area contributed by atoms with E-state index in [0.717, 1.165) is 32.2 Å². The SMILES string of the molecule is CCCNc1ncc(F)c(NCCCCCO)n1. The Hall–Kier alpha value is -1.43. The minimum atomic E-state index is -0.445. The lowest BCUT2D eigenvalue weighted by atomic mass is 10.2. The molecule has 5 nitrogen and oxygen atoms in total. The Morgan fingerprint density at radius 2 is 2.06 bits per heavy atom. The molecular formula is C12H21FN4O. The maximum Gasteiger partial charge on any atom is 0.224 e. The Bertz CT molecular complexity index is 349. The van der Waals surface area contributed by atoms with Crippen molar-refractivity contribution in [1.29, 1.82) is 0 Å². The van der Waals surface area contributed by atoms with Gasteiger partial charge in [0.25, 0.3) is 0 Å². The van der Waals surface area contributed by atoms with E-state index in [1.54, 1.807) is 0 Å². The minimum absolute atomic E-state index is 0.201. The van der Waals surface area contributed by atoms with Crippen molar-refractivity contribution in [2.75, 3.05) is 30.3 Å². The summed E-state index contributed by atoms with van der Waals surface area (Å²) in [6.45, 7) is 3.65. The first kappa shape index (κ1) is 14.6. The topological polar surface area (TPSA) is 70.1 Å². The number of anilines is 2. The normalized spacial score (nSPS) is 10.4. The zero-order chi connectivity index (χ0) is 13.2. The van der Waals surface area contributed by atoms with Crippen LogP contribution in [0.4, 0.5) is 16.2 Å². The first-order valence-corrected chi connectivity index (χ1v) is 6.39. The number of hydrogen-bond acceptors (Lipinski definition) is 5. The van der Waals surface area contributed by atoms with Crippen molar-refractivity contribution < 1.29 is 9.50 Å². The van der Waals surface area contributed by atoms with Gasteiger partial charge in [0.2, 0.25) is 5.95 Å². The Morgan fingerprint density at radius 3 is 2.78 bits per heavy atom. The third kappa shape index (κ3) is 5.27. The maximum absolute atomic E-state index is 13.4. The van der Waals surface area contributed by atoms with Gasteiger partial charge >= 0.3 is 0 Å². The van der Waals surface area contributed by atoms with Crippen molar-refractivity contribution in [3.8, 4) is 0 Å². The van der Waals surface area contributed by atoms with Crippen molar-refractivity contribution in [3.05, 3.63) is 12.0 Å². The van der Waals surface area contributed by atoms with E-state index in [9.17, 15) is 4.39 Å². The molecule has 0 fully saturated rings. The average Bonchev–Trinajstić information content (AvgIpc) is 2.39. The monoisotopic (exact) mass is 256 g/mol. The number of unbranched alkanes of at least 4 members (excludes halogenated alkanes) is 2. The highest BCUT2D eigenvalue weighted by atomic mass is 19.1. The van der Waals surface area contributed by atoms with Gasteiger partial charge in [-0.15, -0.1) is 0 Å². The summed E-state index contributed by atoms with van der Waals surface area (Å²) in [5.41, 5.74) is 0. The lowest BCUT2D eigenvalue weighted by Gasteiger charge is -2.08. The molecule has 0 saturated heterocycles. The summed E-state index contributed by atoms with van der Waals surface area (Å²) in [5.74, 6) is 0.225. The predicted octanol–water partition coefficient (Wildman–Crippen LogP) is 2.01. The molecule has 0 aliphatic rings. The van der Waals surface area contributed by atoms with Crippen LogP contribution in [0.1, 0.15) is 32.6 Å². The summed E-state index contributed by atoms with van der Waals surface area (Å²) in [6.07, 6.45) is 4.70. The van der Waals surface area contributed by atoms with Crippen LogP contribution in [-0.2, 0) is 0 Å². The van der Waals surface area contributed by atoms with E-state index >= 15 is 0 Å².